The monoisotopic (exact) mass is 322 g/mol. The number of allylic oxidation sites excluding steroid dienone is 2. The average Bonchev–Trinajstić information content (AvgIpc) is 3.09. The minimum atomic E-state index is -0.683. The third-order valence-corrected chi connectivity index (χ3v) is 4.47. The van der Waals surface area contributed by atoms with Gasteiger partial charge in [0, 0.05) is 17.0 Å². The Balaban J connectivity index is 1.58. The summed E-state index contributed by atoms with van der Waals surface area (Å²) in [5.74, 6) is 1.45. The number of anilines is 1. The first-order valence-electron chi connectivity index (χ1n) is 7.09. The van der Waals surface area contributed by atoms with Gasteiger partial charge in [0.1, 0.15) is 5.69 Å². The van der Waals surface area contributed by atoms with Crippen molar-refractivity contribution in [2.75, 3.05) is 11.9 Å². The number of hydrogen-bond donors (Lipinski definition) is 1. The first kappa shape index (κ1) is 14.8. The Morgan fingerprint density at radius 2 is 2.23 bits per heavy atom. The number of hydrogen-bond acceptors (Lipinski definition) is 4. The van der Waals surface area contributed by atoms with Gasteiger partial charge in [-0.1, -0.05) is 23.8 Å². The minimum Gasteiger partial charge on any atom is -0.449 e. The fraction of sp³-hybridized carbons (Fsp3) is 0.400. The van der Waals surface area contributed by atoms with Crippen LogP contribution in [0, 0.1) is 27.9 Å². The molecule has 116 valence electrons. The molecule has 1 amide bonds. The molecule has 0 unspecified atom stereocenters. The van der Waals surface area contributed by atoms with E-state index in [2.05, 4.69) is 17.5 Å². The number of rotatable bonds is 4. The van der Waals surface area contributed by atoms with Crippen molar-refractivity contribution >= 4 is 29.1 Å². The zero-order valence-electron chi connectivity index (χ0n) is 11.7. The number of ether oxygens (including phenoxy) is 1. The molecule has 22 heavy (non-hydrogen) atoms. The zero-order valence-corrected chi connectivity index (χ0v) is 12.5. The van der Waals surface area contributed by atoms with Gasteiger partial charge in [0.05, 0.1) is 11.5 Å². The number of nitro groups is 1. The number of halogens is 1. The van der Waals surface area contributed by atoms with E-state index < -0.39 is 11.0 Å². The molecule has 0 aliphatic heterocycles. The van der Waals surface area contributed by atoms with Crippen molar-refractivity contribution in [3.05, 3.63) is 45.5 Å². The van der Waals surface area contributed by atoms with Crippen LogP contribution in [0.15, 0.2) is 30.4 Å². The average molecular weight is 323 g/mol. The summed E-state index contributed by atoms with van der Waals surface area (Å²) < 4.78 is 5.21. The van der Waals surface area contributed by atoms with E-state index in [0.29, 0.717) is 24.4 Å². The Hall–Kier alpha value is -2.08. The summed E-state index contributed by atoms with van der Waals surface area (Å²) in [6.07, 6.45) is 5.90. The van der Waals surface area contributed by atoms with Crippen molar-refractivity contribution in [2.45, 2.75) is 12.8 Å². The van der Waals surface area contributed by atoms with Crippen molar-refractivity contribution in [3.8, 4) is 0 Å². The first-order chi connectivity index (χ1) is 10.5. The Labute approximate surface area is 132 Å². The predicted molar refractivity (Wildman–Crippen MR) is 81.9 cm³/mol. The highest BCUT2D eigenvalue weighted by atomic mass is 35.5. The molecule has 6 nitrogen and oxygen atoms in total. The van der Waals surface area contributed by atoms with Gasteiger partial charge in [-0.05, 0) is 36.8 Å². The molecule has 0 spiro atoms. The highest BCUT2D eigenvalue weighted by molar-refractivity contribution is 6.31. The van der Waals surface area contributed by atoms with Crippen LogP contribution in [-0.2, 0) is 4.74 Å². The second-order valence-electron chi connectivity index (χ2n) is 5.68. The lowest BCUT2D eigenvalue weighted by atomic mass is 9.95. The second kappa shape index (κ2) is 5.96. The normalized spacial score (nSPS) is 25.2. The number of fused-ring (bicyclic) bond motifs is 2. The summed E-state index contributed by atoms with van der Waals surface area (Å²) in [7, 11) is 0. The summed E-state index contributed by atoms with van der Waals surface area (Å²) in [6, 6.07) is 4.06. The lowest BCUT2D eigenvalue weighted by Crippen LogP contribution is -2.21. The molecule has 3 atom stereocenters. The summed E-state index contributed by atoms with van der Waals surface area (Å²) in [5.41, 5.74) is -0.181. The van der Waals surface area contributed by atoms with Crippen LogP contribution >= 0.6 is 11.6 Å². The van der Waals surface area contributed by atoms with Gasteiger partial charge >= 0.3 is 6.09 Å². The van der Waals surface area contributed by atoms with E-state index in [-0.39, 0.29) is 16.4 Å². The Morgan fingerprint density at radius 3 is 2.86 bits per heavy atom. The zero-order chi connectivity index (χ0) is 15.7. The van der Waals surface area contributed by atoms with Gasteiger partial charge < -0.3 is 4.74 Å². The van der Waals surface area contributed by atoms with Crippen molar-refractivity contribution in [3.63, 3.8) is 0 Å². The number of benzene rings is 1. The van der Waals surface area contributed by atoms with Gasteiger partial charge in [0.25, 0.3) is 5.69 Å². The second-order valence-corrected chi connectivity index (χ2v) is 6.12. The summed E-state index contributed by atoms with van der Waals surface area (Å²) in [4.78, 5) is 22.2. The standard InChI is InChI=1S/C15H15ClN2O4/c16-12-3-4-13(14(7-12)18(20)21)17-15(19)22-8-11-6-9-1-2-10(11)5-9/h1-4,7,9-11H,5-6,8H2,(H,17,19)/t9-,10+,11-/m1/s1. The topological polar surface area (TPSA) is 81.5 Å². The van der Waals surface area contributed by atoms with E-state index in [1.165, 1.54) is 18.2 Å². The highest BCUT2D eigenvalue weighted by Crippen LogP contribution is 2.43. The number of amides is 1. The largest absolute Gasteiger partial charge is 0.449 e. The molecule has 2 aliphatic carbocycles. The molecule has 1 saturated carbocycles. The molecule has 2 aliphatic rings. The molecular weight excluding hydrogens is 308 g/mol. The van der Waals surface area contributed by atoms with Crippen LogP contribution in [0.5, 0.6) is 0 Å². The van der Waals surface area contributed by atoms with Gasteiger partial charge in [-0.15, -0.1) is 0 Å². The van der Waals surface area contributed by atoms with E-state index in [9.17, 15) is 14.9 Å². The van der Waals surface area contributed by atoms with Crippen LogP contribution in [0.3, 0.4) is 0 Å². The SMILES string of the molecule is O=C(Nc1ccc(Cl)cc1[N+](=O)[O-])OC[C@H]1C[C@@H]2C=C[C@H]1C2. The molecule has 0 radical (unpaired) electrons. The maximum Gasteiger partial charge on any atom is 0.411 e. The molecule has 1 aromatic carbocycles. The van der Waals surface area contributed by atoms with E-state index in [1.54, 1.807) is 0 Å². The third kappa shape index (κ3) is 3.06. The molecule has 7 heteroatoms. The molecule has 1 fully saturated rings. The van der Waals surface area contributed by atoms with Crippen LogP contribution in [-0.4, -0.2) is 17.6 Å². The fourth-order valence-electron chi connectivity index (χ4n) is 3.18. The van der Waals surface area contributed by atoms with Gasteiger partial charge in [0.2, 0.25) is 0 Å². The van der Waals surface area contributed by atoms with Gasteiger partial charge in [0.15, 0.2) is 0 Å². The number of carbonyl (C=O) groups is 1. The Bertz CT molecular complexity index is 646. The number of nitro benzene ring substituents is 1. The van der Waals surface area contributed by atoms with Crippen molar-refractivity contribution in [1.29, 1.82) is 0 Å². The van der Waals surface area contributed by atoms with E-state index >= 15 is 0 Å². The van der Waals surface area contributed by atoms with Crippen molar-refractivity contribution < 1.29 is 14.5 Å². The molecule has 0 saturated heterocycles. The quantitative estimate of drug-likeness (QED) is 0.516. The van der Waals surface area contributed by atoms with Crippen molar-refractivity contribution in [1.82, 2.24) is 0 Å². The molecule has 1 N–H and O–H groups in total. The summed E-state index contributed by atoms with van der Waals surface area (Å²) in [5, 5.41) is 13.6. The number of nitrogens with zero attached hydrogens (tertiary/aromatic N) is 1. The minimum absolute atomic E-state index is 0.0761. The van der Waals surface area contributed by atoms with E-state index in [1.807, 2.05) is 0 Å². The lowest BCUT2D eigenvalue weighted by Gasteiger charge is -2.17. The Kier molecular flexibility index (Phi) is 4.02. The molecular formula is C15H15ClN2O4. The summed E-state index contributed by atoms with van der Waals surface area (Å²) in [6.45, 7) is 0.332. The van der Waals surface area contributed by atoms with Crippen LogP contribution in [0.2, 0.25) is 5.02 Å². The van der Waals surface area contributed by atoms with Gasteiger partial charge in [-0.3, -0.25) is 15.4 Å². The van der Waals surface area contributed by atoms with Crippen molar-refractivity contribution in [2.24, 2.45) is 17.8 Å². The highest BCUT2D eigenvalue weighted by Gasteiger charge is 2.36. The number of carbonyl (C=O) groups excluding carboxylic acids is 1. The van der Waals surface area contributed by atoms with E-state index in [4.69, 9.17) is 16.3 Å². The number of nitrogens with one attached hydrogen (secondary N) is 1. The molecule has 1 aromatic rings. The van der Waals surface area contributed by atoms with Gasteiger partial charge in [-0.25, -0.2) is 4.79 Å². The lowest BCUT2D eigenvalue weighted by molar-refractivity contribution is -0.383. The Morgan fingerprint density at radius 1 is 1.41 bits per heavy atom. The van der Waals surface area contributed by atoms with Crippen LogP contribution in [0.4, 0.5) is 16.2 Å². The fourth-order valence-corrected chi connectivity index (χ4v) is 3.34. The molecule has 0 heterocycles. The van der Waals surface area contributed by atoms with Gasteiger partial charge in [-0.2, -0.15) is 0 Å². The molecule has 2 bridgehead atoms. The van der Waals surface area contributed by atoms with Crippen LogP contribution in [0.25, 0.3) is 0 Å². The third-order valence-electron chi connectivity index (χ3n) is 4.24. The molecule has 3 rings (SSSR count). The first-order valence-corrected chi connectivity index (χ1v) is 7.47. The predicted octanol–water partition coefficient (Wildman–Crippen LogP) is 4.01. The van der Waals surface area contributed by atoms with Crippen LogP contribution in [0.1, 0.15) is 12.8 Å². The summed E-state index contributed by atoms with van der Waals surface area (Å²) >= 11 is 5.73. The maximum absolute atomic E-state index is 11.8. The smallest absolute Gasteiger partial charge is 0.411 e. The maximum atomic E-state index is 11.8. The molecule has 0 aromatic heterocycles. The van der Waals surface area contributed by atoms with E-state index in [0.717, 1.165) is 12.8 Å². The van der Waals surface area contributed by atoms with Crippen LogP contribution < -0.4 is 5.32 Å².